The number of hydrogen-bond donors (Lipinski definition) is 3. The zero-order valence-corrected chi connectivity index (χ0v) is 12.4. The molecule has 2 atom stereocenters. The van der Waals surface area contributed by atoms with Gasteiger partial charge in [0.1, 0.15) is 17.5 Å². The number of nitrogens with zero attached hydrogens (tertiary/aromatic N) is 3. The molecule has 0 radical (unpaired) electrons. The molecule has 3 rings (SSSR count). The lowest BCUT2D eigenvalue weighted by molar-refractivity contribution is -0.432. The number of allylic oxidation sites excluding steroid dienone is 1. The summed E-state index contributed by atoms with van der Waals surface area (Å²) >= 11 is 0. The first-order valence-electron chi connectivity index (χ1n) is 7.06. The Balaban J connectivity index is 2.28. The van der Waals surface area contributed by atoms with Crippen LogP contribution in [0.5, 0.6) is 5.75 Å². The Hall–Kier alpha value is -3.21. The van der Waals surface area contributed by atoms with Crippen molar-refractivity contribution < 1.29 is 10.0 Å². The molecule has 0 aliphatic carbocycles. The van der Waals surface area contributed by atoms with Gasteiger partial charge in [-0.2, -0.15) is 5.26 Å². The number of nitrogens with two attached hydrogens (primary N) is 1. The van der Waals surface area contributed by atoms with Gasteiger partial charge in [0.15, 0.2) is 5.82 Å². The average Bonchev–Trinajstić information content (AvgIpc) is 2.89. The number of hydrogen-bond acceptors (Lipinski definition) is 7. The molecule has 2 unspecified atom stereocenters. The Bertz CT molecular complexity index is 793. The van der Waals surface area contributed by atoms with Crippen LogP contribution in [0.3, 0.4) is 0 Å². The van der Waals surface area contributed by atoms with Crippen molar-refractivity contribution in [1.82, 2.24) is 10.2 Å². The number of nitriles is 1. The smallest absolute Gasteiger partial charge is 0.299 e. The van der Waals surface area contributed by atoms with E-state index in [-0.39, 0.29) is 40.3 Å². The second kappa shape index (κ2) is 5.21. The average molecular weight is 313 g/mol. The number of phenols is 1. The van der Waals surface area contributed by atoms with Gasteiger partial charge in [0.2, 0.25) is 0 Å². The zero-order chi connectivity index (χ0) is 16.7. The SMILES string of the molecule is CC1CN2C(N)=C(C#N)C(c3ccccc3O)C([N+](=O)[O-])=C2N1. The van der Waals surface area contributed by atoms with Crippen molar-refractivity contribution in [3.8, 4) is 11.8 Å². The fraction of sp³-hybridized carbons (Fsp3) is 0.267. The third-order valence-electron chi connectivity index (χ3n) is 4.05. The number of fused-ring (bicyclic) bond motifs is 1. The van der Waals surface area contributed by atoms with Crippen molar-refractivity contribution in [1.29, 1.82) is 5.26 Å². The minimum Gasteiger partial charge on any atom is -0.508 e. The zero-order valence-electron chi connectivity index (χ0n) is 12.4. The van der Waals surface area contributed by atoms with E-state index in [2.05, 4.69) is 5.32 Å². The number of benzene rings is 1. The van der Waals surface area contributed by atoms with E-state index in [9.17, 15) is 20.5 Å². The van der Waals surface area contributed by atoms with E-state index >= 15 is 0 Å². The maximum absolute atomic E-state index is 11.7. The largest absolute Gasteiger partial charge is 0.508 e. The minimum atomic E-state index is -1.01. The molecule has 1 fully saturated rings. The second-order valence-electron chi connectivity index (χ2n) is 5.55. The number of nitro groups is 1. The third kappa shape index (κ3) is 2.14. The van der Waals surface area contributed by atoms with Gasteiger partial charge in [0, 0.05) is 18.2 Å². The van der Waals surface area contributed by atoms with Crippen LogP contribution in [0, 0.1) is 21.4 Å². The van der Waals surface area contributed by atoms with Crippen LogP contribution in [-0.4, -0.2) is 27.5 Å². The first kappa shape index (κ1) is 14.7. The highest BCUT2D eigenvalue weighted by Crippen LogP contribution is 2.43. The highest BCUT2D eigenvalue weighted by molar-refractivity contribution is 5.53. The summed E-state index contributed by atoms with van der Waals surface area (Å²) in [6.45, 7) is 2.31. The van der Waals surface area contributed by atoms with Crippen molar-refractivity contribution in [2.24, 2.45) is 5.73 Å². The van der Waals surface area contributed by atoms with E-state index in [4.69, 9.17) is 5.73 Å². The van der Waals surface area contributed by atoms with E-state index in [1.54, 1.807) is 23.1 Å². The molecule has 0 saturated carbocycles. The Labute approximate surface area is 132 Å². The van der Waals surface area contributed by atoms with Crippen LogP contribution < -0.4 is 11.1 Å². The maximum Gasteiger partial charge on any atom is 0.299 e. The standard InChI is InChI=1S/C15H15N5O3/c1-8-7-19-14(17)10(6-16)12(9-4-2-3-5-11(9)21)13(20(22)23)15(19)18-8/h2-5,8,12,18,21H,7,17H2,1H3. The van der Waals surface area contributed by atoms with Gasteiger partial charge in [0.25, 0.3) is 5.70 Å². The van der Waals surface area contributed by atoms with Gasteiger partial charge < -0.3 is 21.1 Å². The lowest BCUT2D eigenvalue weighted by atomic mass is 9.86. The van der Waals surface area contributed by atoms with Gasteiger partial charge >= 0.3 is 0 Å². The number of phenolic OH excluding ortho intramolecular Hbond substituents is 1. The summed E-state index contributed by atoms with van der Waals surface area (Å²) < 4.78 is 0. The molecule has 4 N–H and O–H groups in total. The first-order chi connectivity index (χ1) is 11.0. The van der Waals surface area contributed by atoms with Crippen molar-refractivity contribution in [3.05, 3.63) is 62.9 Å². The highest BCUT2D eigenvalue weighted by Gasteiger charge is 2.46. The monoisotopic (exact) mass is 313 g/mol. The quantitative estimate of drug-likeness (QED) is 0.547. The molecular formula is C15H15N5O3. The summed E-state index contributed by atoms with van der Waals surface area (Å²) in [6.07, 6.45) is 0. The number of rotatable bonds is 2. The van der Waals surface area contributed by atoms with Gasteiger partial charge in [-0.25, -0.2) is 0 Å². The maximum atomic E-state index is 11.7. The molecule has 2 aliphatic heterocycles. The van der Waals surface area contributed by atoms with Crippen molar-refractivity contribution in [2.45, 2.75) is 18.9 Å². The van der Waals surface area contributed by atoms with Crippen LogP contribution >= 0.6 is 0 Å². The molecule has 1 aromatic carbocycles. The molecule has 0 aromatic heterocycles. The summed E-state index contributed by atoms with van der Waals surface area (Å²) in [5.74, 6) is -0.664. The first-order valence-corrected chi connectivity index (χ1v) is 7.06. The van der Waals surface area contributed by atoms with Crippen molar-refractivity contribution >= 4 is 0 Å². The van der Waals surface area contributed by atoms with Gasteiger partial charge in [-0.1, -0.05) is 18.2 Å². The van der Waals surface area contributed by atoms with Crippen LogP contribution in [0.25, 0.3) is 0 Å². The van der Waals surface area contributed by atoms with E-state index < -0.39 is 10.8 Å². The molecule has 8 nitrogen and oxygen atoms in total. The molecular weight excluding hydrogens is 298 g/mol. The number of nitrogens with one attached hydrogen (secondary N) is 1. The Kier molecular flexibility index (Phi) is 3.33. The van der Waals surface area contributed by atoms with Crippen molar-refractivity contribution in [3.63, 3.8) is 0 Å². The van der Waals surface area contributed by atoms with Gasteiger partial charge in [-0.3, -0.25) is 10.1 Å². The second-order valence-corrected chi connectivity index (χ2v) is 5.55. The Morgan fingerprint density at radius 1 is 1.52 bits per heavy atom. The van der Waals surface area contributed by atoms with Crippen LogP contribution in [-0.2, 0) is 0 Å². The Morgan fingerprint density at radius 2 is 2.22 bits per heavy atom. The third-order valence-corrected chi connectivity index (χ3v) is 4.05. The molecule has 0 bridgehead atoms. The molecule has 118 valence electrons. The van der Waals surface area contributed by atoms with Crippen LogP contribution in [0.2, 0.25) is 0 Å². The minimum absolute atomic E-state index is 0.0402. The lowest BCUT2D eigenvalue weighted by Crippen LogP contribution is -2.36. The Morgan fingerprint density at radius 3 is 2.83 bits per heavy atom. The van der Waals surface area contributed by atoms with Crippen molar-refractivity contribution in [2.75, 3.05) is 6.54 Å². The van der Waals surface area contributed by atoms with Gasteiger partial charge in [-0.05, 0) is 13.0 Å². The summed E-state index contributed by atoms with van der Waals surface area (Å²) in [5.41, 5.74) is 6.25. The molecule has 0 amide bonds. The fourth-order valence-electron chi connectivity index (χ4n) is 3.07. The summed E-state index contributed by atoms with van der Waals surface area (Å²) in [6, 6.07) is 8.19. The van der Waals surface area contributed by atoms with E-state index in [0.29, 0.717) is 6.54 Å². The fourth-order valence-corrected chi connectivity index (χ4v) is 3.07. The molecule has 8 heteroatoms. The number of aromatic hydroxyl groups is 1. The summed E-state index contributed by atoms with van der Waals surface area (Å²) in [5, 5.41) is 34.3. The molecule has 0 spiro atoms. The van der Waals surface area contributed by atoms with Gasteiger partial charge in [0.05, 0.1) is 16.6 Å². The molecule has 1 saturated heterocycles. The predicted molar refractivity (Wildman–Crippen MR) is 81.0 cm³/mol. The molecule has 23 heavy (non-hydrogen) atoms. The number of para-hydroxylation sites is 1. The summed E-state index contributed by atoms with van der Waals surface area (Å²) in [4.78, 5) is 12.7. The lowest BCUT2D eigenvalue weighted by Gasteiger charge is -2.29. The van der Waals surface area contributed by atoms with E-state index in [1.165, 1.54) is 6.07 Å². The van der Waals surface area contributed by atoms with Crippen LogP contribution in [0.15, 0.2) is 47.2 Å². The molecule has 2 heterocycles. The van der Waals surface area contributed by atoms with Crippen LogP contribution in [0.1, 0.15) is 18.4 Å². The molecule has 1 aromatic rings. The van der Waals surface area contributed by atoms with E-state index in [0.717, 1.165) is 0 Å². The van der Waals surface area contributed by atoms with Gasteiger partial charge in [-0.15, -0.1) is 0 Å². The van der Waals surface area contributed by atoms with E-state index in [1.807, 2.05) is 13.0 Å². The predicted octanol–water partition coefficient (Wildman–Crippen LogP) is 0.923. The molecule has 2 aliphatic rings. The van der Waals surface area contributed by atoms with Crippen LogP contribution in [0.4, 0.5) is 0 Å². The topological polar surface area (TPSA) is 128 Å². The summed E-state index contributed by atoms with van der Waals surface area (Å²) in [7, 11) is 0. The highest BCUT2D eigenvalue weighted by atomic mass is 16.6. The normalized spacial score (nSPS) is 23.4.